The summed E-state index contributed by atoms with van der Waals surface area (Å²) < 4.78 is 1.05. The van der Waals surface area contributed by atoms with Gasteiger partial charge in [0.1, 0.15) is 0 Å². The lowest BCUT2D eigenvalue weighted by Gasteiger charge is -2.02. The molecule has 0 spiro atoms. The van der Waals surface area contributed by atoms with E-state index in [1.165, 1.54) is 39.9 Å². The van der Waals surface area contributed by atoms with Gasteiger partial charge in [0.05, 0.1) is 0 Å². The first-order chi connectivity index (χ1) is 11.8. The average molecular weight is 377 g/mol. The fourth-order valence-electron chi connectivity index (χ4n) is 2.94. The molecule has 2 aromatic carbocycles. The van der Waals surface area contributed by atoms with Gasteiger partial charge in [0.15, 0.2) is 0 Å². The number of benzene rings is 2. The molecule has 0 unspecified atom stereocenters. The summed E-state index contributed by atoms with van der Waals surface area (Å²) in [6.07, 6.45) is 10.3. The minimum atomic E-state index is 0.790. The number of aromatic nitrogens is 2. The van der Waals surface area contributed by atoms with Crippen LogP contribution in [0.15, 0.2) is 77.8 Å². The molecule has 1 saturated carbocycles. The first kappa shape index (κ1) is 15.3. The first-order valence-electron chi connectivity index (χ1n) is 8.14. The summed E-state index contributed by atoms with van der Waals surface area (Å²) in [6, 6.07) is 16.7. The maximum absolute atomic E-state index is 4.27. The second-order valence-electron chi connectivity index (χ2n) is 6.07. The maximum atomic E-state index is 4.27. The lowest BCUT2D eigenvalue weighted by molar-refractivity contribution is 1.12. The van der Waals surface area contributed by atoms with E-state index in [2.05, 4.69) is 56.2 Å². The van der Waals surface area contributed by atoms with Gasteiger partial charge in [0, 0.05) is 40.0 Å². The number of nitrogens with zero attached hydrogens (tertiary/aromatic N) is 2. The number of fused-ring (bicyclic) bond motifs is 2. The molecular formula is C21H17BrN2. The van der Waals surface area contributed by atoms with Crippen molar-refractivity contribution in [2.45, 2.75) is 18.8 Å². The van der Waals surface area contributed by atoms with E-state index in [-0.39, 0.29) is 0 Å². The van der Waals surface area contributed by atoms with E-state index < -0.39 is 0 Å². The van der Waals surface area contributed by atoms with Crippen molar-refractivity contribution in [2.75, 3.05) is 0 Å². The van der Waals surface area contributed by atoms with Gasteiger partial charge in [-0.1, -0.05) is 48.5 Å². The SMILES string of the molecule is Brc1cncc2ccccc12.c1ccc2c(C3CC3)cncc2c1. The standard InChI is InChI=1S/C12H11N.C9H6BrN/c1-2-4-11-10(3-1)7-13-8-12(11)9-5-6-9;10-9-6-11-5-7-3-1-2-4-8(7)9/h1-4,7-9H,5-6H2;1-6H. The summed E-state index contributed by atoms with van der Waals surface area (Å²) in [4.78, 5) is 8.34. The molecule has 4 aromatic rings. The lowest BCUT2D eigenvalue weighted by Crippen LogP contribution is -1.84. The highest BCUT2D eigenvalue weighted by atomic mass is 79.9. The number of pyridine rings is 2. The monoisotopic (exact) mass is 376 g/mol. The van der Waals surface area contributed by atoms with E-state index >= 15 is 0 Å². The third kappa shape index (κ3) is 3.17. The Balaban J connectivity index is 0.000000123. The fourth-order valence-corrected chi connectivity index (χ4v) is 3.42. The molecule has 2 aromatic heterocycles. The normalized spacial score (nSPS) is 13.5. The third-order valence-electron chi connectivity index (χ3n) is 4.34. The van der Waals surface area contributed by atoms with Crippen molar-refractivity contribution in [1.29, 1.82) is 0 Å². The molecule has 0 aliphatic heterocycles. The predicted molar refractivity (Wildman–Crippen MR) is 103 cm³/mol. The van der Waals surface area contributed by atoms with Crippen molar-refractivity contribution in [3.05, 3.63) is 83.4 Å². The Morgan fingerprint density at radius 1 is 0.708 bits per heavy atom. The van der Waals surface area contributed by atoms with E-state index in [1.807, 2.05) is 43.0 Å². The molecule has 0 N–H and O–H groups in total. The van der Waals surface area contributed by atoms with Crippen LogP contribution in [0, 0.1) is 0 Å². The van der Waals surface area contributed by atoms with Crippen molar-refractivity contribution in [3.63, 3.8) is 0 Å². The van der Waals surface area contributed by atoms with Gasteiger partial charge in [0.25, 0.3) is 0 Å². The molecule has 3 heteroatoms. The predicted octanol–water partition coefficient (Wildman–Crippen LogP) is 6.11. The van der Waals surface area contributed by atoms with Crippen molar-refractivity contribution in [1.82, 2.24) is 9.97 Å². The molecule has 0 radical (unpaired) electrons. The van der Waals surface area contributed by atoms with Crippen molar-refractivity contribution in [3.8, 4) is 0 Å². The molecule has 2 nitrogen and oxygen atoms in total. The molecule has 0 saturated heterocycles. The van der Waals surface area contributed by atoms with Crippen LogP contribution in [0.4, 0.5) is 0 Å². The summed E-state index contributed by atoms with van der Waals surface area (Å²) in [5, 5.41) is 5.04. The molecule has 0 atom stereocenters. The Hall–Kier alpha value is -2.26. The number of hydrogen-bond donors (Lipinski definition) is 0. The molecule has 1 aliphatic carbocycles. The van der Waals surface area contributed by atoms with Crippen LogP contribution in [0.5, 0.6) is 0 Å². The maximum Gasteiger partial charge on any atom is 0.0437 e. The van der Waals surface area contributed by atoms with Crippen LogP contribution < -0.4 is 0 Å². The average Bonchev–Trinajstić information content (AvgIpc) is 3.47. The molecule has 0 amide bonds. The quantitative estimate of drug-likeness (QED) is 0.400. The van der Waals surface area contributed by atoms with E-state index in [0.717, 1.165) is 10.4 Å². The third-order valence-corrected chi connectivity index (χ3v) is 4.97. The molecule has 1 fully saturated rings. The van der Waals surface area contributed by atoms with E-state index in [1.54, 1.807) is 0 Å². The van der Waals surface area contributed by atoms with Crippen molar-refractivity contribution < 1.29 is 0 Å². The number of halogens is 1. The highest BCUT2D eigenvalue weighted by molar-refractivity contribution is 9.10. The fraction of sp³-hybridized carbons (Fsp3) is 0.143. The van der Waals surface area contributed by atoms with Crippen LogP contribution in [0.1, 0.15) is 24.3 Å². The number of hydrogen-bond acceptors (Lipinski definition) is 2. The highest BCUT2D eigenvalue weighted by Gasteiger charge is 2.25. The van der Waals surface area contributed by atoms with Gasteiger partial charge >= 0.3 is 0 Å². The Morgan fingerprint density at radius 2 is 1.29 bits per heavy atom. The Labute approximate surface area is 149 Å². The van der Waals surface area contributed by atoms with Crippen molar-refractivity contribution >= 4 is 37.5 Å². The molecule has 24 heavy (non-hydrogen) atoms. The number of rotatable bonds is 1. The summed E-state index contributed by atoms with van der Waals surface area (Å²) in [7, 11) is 0. The molecular weight excluding hydrogens is 360 g/mol. The second-order valence-corrected chi connectivity index (χ2v) is 6.92. The van der Waals surface area contributed by atoms with E-state index in [4.69, 9.17) is 0 Å². The van der Waals surface area contributed by atoms with Crippen LogP contribution in [0.2, 0.25) is 0 Å². The first-order valence-corrected chi connectivity index (χ1v) is 8.93. The van der Waals surface area contributed by atoms with Gasteiger partial charge in [0.2, 0.25) is 0 Å². The van der Waals surface area contributed by atoms with Crippen LogP contribution >= 0.6 is 15.9 Å². The zero-order valence-corrected chi connectivity index (χ0v) is 14.8. The topological polar surface area (TPSA) is 25.8 Å². The Morgan fingerprint density at radius 3 is 1.96 bits per heavy atom. The van der Waals surface area contributed by atoms with Gasteiger partial charge < -0.3 is 0 Å². The van der Waals surface area contributed by atoms with Gasteiger partial charge in [-0.3, -0.25) is 9.97 Å². The van der Waals surface area contributed by atoms with Crippen LogP contribution in [0.3, 0.4) is 0 Å². The Kier molecular flexibility index (Phi) is 4.26. The smallest absolute Gasteiger partial charge is 0.0437 e. The van der Waals surface area contributed by atoms with Gasteiger partial charge in [-0.25, -0.2) is 0 Å². The van der Waals surface area contributed by atoms with Crippen LogP contribution in [-0.2, 0) is 0 Å². The highest BCUT2D eigenvalue weighted by Crippen LogP contribution is 2.42. The van der Waals surface area contributed by atoms with Crippen LogP contribution in [-0.4, -0.2) is 9.97 Å². The van der Waals surface area contributed by atoms with Gasteiger partial charge in [-0.2, -0.15) is 0 Å². The summed E-state index contributed by atoms with van der Waals surface area (Å²) in [5.74, 6) is 0.790. The molecule has 0 bridgehead atoms. The van der Waals surface area contributed by atoms with Gasteiger partial charge in [-0.15, -0.1) is 0 Å². The summed E-state index contributed by atoms with van der Waals surface area (Å²) in [5.41, 5.74) is 1.44. The Bertz CT molecular complexity index is 982. The van der Waals surface area contributed by atoms with E-state index in [0.29, 0.717) is 0 Å². The molecule has 2 heterocycles. The lowest BCUT2D eigenvalue weighted by atomic mass is 10.1. The van der Waals surface area contributed by atoms with Crippen LogP contribution in [0.25, 0.3) is 21.5 Å². The minimum absolute atomic E-state index is 0.790. The molecule has 5 rings (SSSR count). The largest absolute Gasteiger partial charge is 0.264 e. The zero-order chi connectivity index (χ0) is 16.4. The molecule has 1 aliphatic rings. The van der Waals surface area contributed by atoms with E-state index in [9.17, 15) is 0 Å². The van der Waals surface area contributed by atoms with Gasteiger partial charge in [-0.05, 0) is 51.0 Å². The van der Waals surface area contributed by atoms with Crippen molar-refractivity contribution in [2.24, 2.45) is 0 Å². The zero-order valence-electron chi connectivity index (χ0n) is 13.2. The summed E-state index contributed by atoms with van der Waals surface area (Å²) >= 11 is 3.43. The minimum Gasteiger partial charge on any atom is -0.264 e. The second kappa shape index (κ2) is 6.70. The molecule has 118 valence electrons. The summed E-state index contributed by atoms with van der Waals surface area (Å²) in [6.45, 7) is 0.